The number of carbonyl (C=O) groups excluding carboxylic acids is 1. The van der Waals surface area contributed by atoms with E-state index in [9.17, 15) is 4.79 Å². The van der Waals surface area contributed by atoms with Crippen LogP contribution in [0.2, 0.25) is 0 Å². The Kier molecular flexibility index (Phi) is 2.64. The summed E-state index contributed by atoms with van der Waals surface area (Å²) in [6.45, 7) is 2.62. The summed E-state index contributed by atoms with van der Waals surface area (Å²) in [6, 6.07) is -0.0527. The molecule has 1 aromatic rings. The maximum Gasteiger partial charge on any atom is 0.255 e. The van der Waals surface area contributed by atoms with Gasteiger partial charge in [0, 0.05) is 31.3 Å². The zero-order chi connectivity index (χ0) is 12.9. The van der Waals surface area contributed by atoms with Crippen molar-refractivity contribution < 1.29 is 9.53 Å². The summed E-state index contributed by atoms with van der Waals surface area (Å²) in [4.78, 5) is 12.1. The van der Waals surface area contributed by atoms with Crippen LogP contribution in [0.25, 0.3) is 0 Å². The van der Waals surface area contributed by atoms with Crippen LogP contribution >= 0.6 is 0 Å². The molecule has 1 aliphatic heterocycles. The minimum absolute atomic E-state index is 0.0124. The highest BCUT2D eigenvalue weighted by atomic mass is 16.5. The van der Waals surface area contributed by atoms with Gasteiger partial charge >= 0.3 is 0 Å². The zero-order valence-corrected chi connectivity index (χ0v) is 10.6. The molecule has 18 heavy (non-hydrogen) atoms. The molecule has 0 radical (unpaired) electrons. The summed E-state index contributed by atoms with van der Waals surface area (Å²) >= 11 is 0. The molecule has 1 saturated heterocycles. The second kappa shape index (κ2) is 4.07. The Morgan fingerprint density at radius 1 is 1.67 bits per heavy atom. The van der Waals surface area contributed by atoms with Crippen LogP contribution < -0.4 is 11.1 Å². The van der Waals surface area contributed by atoms with Gasteiger partial charge in [0.05, 0.1) is 23.9 Å². The van der Waals surface area contributed by atoms with Crippen molar-refractivity contribution in [3.63, 3.8) is 0 Å². The normalized spacial score (nSPS) is 33.9. The van der Waals surface area contributed by atoms with Crippen LogP contribution in [0.4, 0.5) is 0 Å². The number of hydrogen-bond donors (Lipinski definition) is 2. The van der Waals surface area contributed by atoms with Gasteiger partial charge in [-0.3, -0.25) is 9.48 Å². The Morgan fingerprint density at radius 2 is 2.44 bits per heavy atom. The molecule has 6 nitrogen and oxygen atoms in total. The van der Waals surface area contributed by atoms with E-state index in [0.717, 1.165) is 18.7 Å². The van der Waals surface area contributed by atoms with Gasteiger partial charge in [-0.1, -0.05) is 0 Å². The van der Waals surface area contributed by atoms with Crippen molar-refractivity contribution in [1.29, 1.82) is 0 Å². The summed E-state index contributed by atoms with van der Waals surface area (Å²) in [5.74, 6) is 0.292. The lowest BCUT2D eigenvalue weighted by Gasteiger charge is -2.45. The third-order valence-corrected chi connectivity index (χ3v) is 4.22. The van der Waals surface area contributed by atoms with E-state index in [1.54, 1.807) is 10.9 Å². The molecule has 1 saturated carbocycles. The van der Waals surface area contributed by atoms with Crippen LogP contribution in [-0.4, -0.2) is 40.5 Å². The Hall–Kier alpha value is -1.40. The Bertz CT molecular complexity index is 484. The summed E-state index contributed by atoms with van der Waals surface area (Å²) in [7, 11) is 1.82. The van der Waals surface area contributed by atoms with Gasteiger partial charge in [0.15, 0.2) is 0 Å². The van der Waals surface area contributed by atoms with E-state index in [0.29, 0.717) is 11.5 Å². The van der Waals surface area contributed by atoms with E-state index in [4.69, 9.17) is 10.5 Å². The van der Waals surface area contributed by atoms with Gasteiger partial charge in [0.2, 0.25) is 0 Å². The lowest BCUT2D eigenvalue weighted by atomic mass is 9.72. The number of nitrogens with one attached hydrogen (secondary N) is 1. The molecule has 3 rings (SSSR count). The maximum atomic E-state index is 12.1. The third kappa shape index (κ3) is 1.56. The number of aromatic nitrogens is 2. The molecule has 98 valence electrons. The van der Waals surface area contributed by atoms with Gasteiger partial charge in [-0.05, 0) is 13.3 Å². The molecular weight excluding hydrogens is 232 g/mol. The first-order valence-corrected chi connectivity index (χ1v) is 6.26. The van der Waals surface area contributed by atoms with Gasteiger partial charge in [0.1, 0.15) is 0 Å². The first-order valence-electron chi connectivity index (χ1n) is 6.26. The lowest BCUT2D eigenvalue weighted by molar-refractivity contribution is -0.0161. The third-order valence-electron chi connectivity index (χ3n) is 4.22. The highest BCUT2D eigenvalue weighted by Crippen LogP contribution is 2.37. The van der Waals surface area contributed by atoms with E-state index in [-0.39, 0.29) is 24.1 Å². The Morgan fingerprint density at radius 3 is 3.11 bits per heavy atom. The van der Waals surface area contributed by atoms with Crippen LogP contribution in [0, 0.1) is 12.8 Å². The molecule has 2 fully saturated rings. The van der Waals surface area contributed by atoms with Crippen molar-refractivity contribution >= 4 is 5.91 Å². The van der Waals surface area contributed by atoms with Gasteiger partial charge in [-0.2, -0.15) is 5.10 Å². The van der Waals surface area contributed by atoms with Gasteiger partial charge in [0.25, 0.3) is 5.91 Å². The largest absolute Gasteiger partial charge is 0.376 e. The number of aryl methyl sites for hydroxylation is 1. The van der Waals surface area contributed by atoms with Crippen LogP contribution in [-0.2, 0) is 11.8 Å². The smallest absolute Gasteiger partial charge is 0.255 e. The first-order chi connectivity index (χ1) is 8.59. The van der Waals surface area contributed by atoms with Gasteiger partial charge in [-0.15, -0.1) is 0 Å². The number of ether oxygens (including phenoxy) is 1. The minimum atomic E-state index is -0.116. The number of carbonyl (C=O) groups is 1. The fourth-order valence-electron chi connectivity index (χ4n) is 2.88. The highest BCUT2D eigenvalue weighted by Gasteiger charge is 2.52. The van der Waals surface area contributed by atoms with Crippen molar-refractivity contribution in [3.8, 4) is 0 Å². The van der Waals surface area contributed by atoms with Crippen molar-refractivity contribution in [2.75, 3.05) is 6.61 Å². The predicted octanol–water partition coefficient (Wildman–Crippen LogP) is -0.427. The molecule has 2 aliphatic rings. The maximum absolute atomic E-state index is 12.1. The Labute approximate surface area is 105 Å². The van der Waals surface area contributed by atoms with E-state index < -0.39 is 0 Å². The molecule has 3 N–H and O–H groups in total. The van der Waals surface area contributed by atoms with E-state index in [2.05, 4.69) is 10.4 Å². The molecule has 0 bridgehead atoms. The second-order valence-electron chi connectivity index (χ2n) is 5.13. The SMILES string of the molecule is Cc1c(C(=O)NC2C(N)C3CCOC32)cnn1C. The van der Waals surface area contributed by atoms with Crippen LogP contribution in [0.15, 0.2) is 6.20 Å². The number of amides is 1. The monoisotopic (exact) mass is 250 g/mol. The number of rotatable bonds is 2. The topological polar surface area (TPSA) is 82.2 Å². The van der Waals surface area contributed by atoms with Crippen molar-refractivity contribution in [1.82, 2.24) is 15.1 Å². The van der Waals surface area contributed by atoms with Crippen molar-refractivity contribution in [3.05, 3.63) is 17.5 Å². The molecule has 4 atom stereocenters. The predicted molar refractivity (Wildman–Crippen MR) is 65.0 cm³/mol. The highest BCUT2D eigenvalue weighted by molar-refractivity contribution is 5.95. The van der Waals surface area contributed by atoms with Gasteiger partial charge < -0.3 is 15.8 Å². The summed E-state index contributed by atoms with van der Waals surface area (Å²) in [5, 5.41) is 7.03. The minimum Gasteiger partial charge on any atom is -0.376 e. The zero-order valence-electron chi connectivity index (χ0n) is 10.6. The number of nitrogens with two attached hydrogens (primary N) is 1. The van der Waals surface area contributed by atoms with E-state index in [1.165, 1.54) is 0 Å². The summed E-state index contributed by atoms with van der Waals surface area (Å²) in [5.41, 5.74) is 7.52. The molecule has 6 heteroatoms. The molecular formula is C12H18N4O2. The van der Waals surface area contributed by atoms with Gasteiger partial charge in [-0.25, -0.2) is 0 Å². The number of hydrogen-bond acceptors (Lipinski definition) is 4. The van der Waals surface area contributed by atoms with Crippen LogP contribution in [0.1, 0.15) is 22.5 Å². The standard InChI is InChI=1S/C12H18N4O2/c1-6-8(5-14-16(6)2)12(17)15-10-9(13)7-3-4-18-11(7)10/h5,7,9-11H,3-4,13H2,1-2H3,(H,15,17). The fourth-order valence-corrected chi connectivity index (χ4v) is 2.88. The van der Waals surface area contributed by atoms with Crippen LogP contribution in [0.3, 0.4) is 0 Å². The van der Waals surface area contributed by atoms with E-state index in [1.807, 2.05) is 14.0 Å². The van der Waals surface area contributed by atoms with E-state index >= 15 is 0 Å². The number of nitrogens with zero attached hydrogens (tertiary/aromatic N) is 2. The molecule has 2 heterocycles. The average Bonchev–Trinajstić information content (AvgIpc) is 2.92. The summed E-state index contributed by atoms with van der Waals surface area (Å²) in [6.07, 6.45) is 2.69. The van der Waals surface area contributed by atoms with Crippen molar-refractivity contribution in [2.45, 2.75) is 31.5 Å². The second-order valence-corrected chi connectivity index (χ2v) is 5.13. The van der Waals surface area contributed by atoms with Crippen molar-refractivity contribution in [2.24, 2.45) is 18.7 Å². The quantitative estimate of drug-likeness (QED) is 0.746. The Balaban J connectivity index is 1.70. The fraction of sp³-hybridized carbons (Fsp3) is 0.667. The lowest BCUT2D eigenvalue weighted by Crippen LogP contribution is -2.68. The molecule has 4 unspecified atom stereocenters. The first kappa shape index (κ1) is 11.7. The molecule has 0 aromatic carbocycles. The molecule has 0 spiro atoms. The summed E-state index contributed by atoms with van der Waals surface area (Å²) < 4.78 is 7.28. The molecule has 1 amide bonds. The molecule has 1 aliphatic carbocycles. The van der Waals surface area contributed by atoms with Crippen LogP contribution in [0.5, 0.6) is 0 Å². The average molecular weight is 250 g/mol. The number of fused-ring (bicyclic) bond motifs is 1. The molecule has 1 aromatic heterocycles.